The van der Waals surface area contributed by atoms with Gasteiger partial charge in [-0.15, -0.1) is 0 Å². The number of ketones is 1. The zero-order valence-electron chi connectivity index (χ0n) is 8.37. The number of rotatable bonds is 3. The number of carbonyl (C=O) groups excluding carboxylic acids is 1. The van der Waals surface area contributed by atoms with Gasteiger partial charge in [0.15, 0.2) is 0 Å². The lowest BCUT2D eigenvalue weighted by molar-refractivity contribution is -0.121. The van der Waals surface area contributed by atoms with Gasteiger partial charge in [0.05, 0.1) is 0 Å². The first-order valence-electron chi connectivity index (χ1n) is 5.09. The first kappa shape index (κ1) is 10.8. The summed E-state index contributed by atoms with van der Waals surface area (Å²) in [6.07, 6.45) is 3.16. The van der Waals surface area contributed by atoms with Crippen molar-refractivity contribution in [1.82, 2.24) is 10.3 Å². The predicted octanol–water partition coefficient (Wildman–Crippen LogP) is 1.57. The summed E-state index contributed by atoms with van der Waals surface area (Å²) < 4.78 is 0.946. The molecule has 80 valence electrons. The third-order valence-corrected chi connectivity index (χ3v) is 3.13. The van der Waals surface area contributed by atoms with Crippen LogP contribution in [-0.4, -0.2) is 23.9 Å². The lowest BCUT2D eigenvalue weighted by Crippen LogP contribution is -2.19. The fraction of sp³-hybridized carbons (Fsp3) is 0.455. The summed E-state index contributed by atoms with van der Waals surface area (Å²) in [6, 6.07) is 3.81. The Bertz CT molecular complexity index is 344. The molecular weight excluding hydrogens is 256 g/mol. The maximum atomic E-state index is 11.8. The first-order valence-corrected chi connectivity index (χ1v) is 5.89. The van der Waals surface area contributed by atoms with E-state index in [1.165, 1.54) is 0 Å². The van der Waals surface area contributed by atoms with E-state index in [1.54, 1.807) is 6.20 Å². The molecule has 2 heterocycles. The van der Waals surface area contributed by atoms with Gasteiger partial charge in [0.25, 0.3) is 0 Å². The van der Waals surface area contributed by atoms with Crippen molar-refractivity contribution >= 4 is 21.7 Å². The van der Waals surface area contributed by atoms with Crippen molar-refractivity contribution in [2.75, 3.05) is 13.1 Å². The quantitative estimate of drug-likeness (QED) is 0.905. The van der Waals surface area contributed by atoms with E-state index in [1.807, 2.05) is 12.1 Å². The van der Waals surface area contributed by atoms with Crippen LogP contribution in [0, 0.1) is 5.92 Å². The molecule has 1 atom stereocenters. The Balaban J connectivity index is 1.96. The number of pyridine rings is 1. The number of nitrogens with zero attached hydrogens (tertiary/aromatic N) is 1. The summed E-state index contributed by atoms with van der Waals surface area (Å²) in [6.45, 7) is 1.79. The van der Waals surface area contributed by atoms with Crippen molar-refractivity contribution in [3.8, 4) is 0 Å². The SMILES string of the molecule is O=C(Cc1ccc(Br)cn1)C1CCNC1. The molecule has 4 heteroatoms. The molecule has 1 saturated heterocycles. The van der Waals surface area contributed by atoms with Crippen molar-refractivity contribution in [2.24, 2.45) is 5.92 Å². The second-order valence-electron chi connectivity index (χ2n) is 3.80. The van der Waals surface area contributed by atoms with Gasteiger partial charge < -0.3 is 5.32 Å². The molecule has 1 aromatic heterocycles. The van der Waals surface area contributed by atoms with E-state index in [4.69, 9.17) is 0 Å². The van der Waals surface area contributed by atoms with Gasteiger partial charge in [-0.3, -0.25) is 9.78 Å². The van der Waals surface area contributed by atoms with Crippen molar-refractivity contribution in [2.45, 2.75) is 12.8 Å². The molecule has 1 fully saturated rings. The largest absolute Gasteiger partial charge is 0.316 e. The fourth-order valence-corrected chi connectivity index (χ4v) is 2.00. The number of aromatic nitrogens is 1. The average molecular weight is 269 g/mol. The van der Waals surface area contributed by atoms with E-state index in [9.17, 15) is 4.79 Å². The second-order valence-corrected chi connectivity index (χ2v) is 4.72. The van der Waals surface area contributed by atoms with Crippen LogP contribution in [0.1, 0.15) is 12.1 Å². The molecule has 15 heavy (non-hydrogen) atoms. The van der Waals surface area contributed by atoms with E-state index in [0.29, 0.717) is 12.2 Å². The maximum Gasteiger partial charge on any atom is 0.143 e. The van der Waals surface area contributed by atoms with Gasteiger partial charge in [-0.25, -0.2) is 0 Å². The van der Waals surface area contributed by atoms with Crippen LogP contribution in [0.2, 0.25) is 0 Å². The summed E-state index contributed by atoms with van der Waals surface area (Å²) in [5, 5.41) is 3.20. The Hall–Kier alpha value is -0.740. The molecule has 0 amide bonds. The third-order valence-electron chi connectivity index (χ3n) is 2.66. The minimum absolute atomic E-state index is 0.190. The molecule has 1 aromatic rings. The molecule has 0 spiro atoms. The minimum atomic E-state index is 0.190. The van der Waals surface area contributed by atoms with Crippen LogP contribution < -0.4 is 5.32 Å². The summed E-state index contributed by atoms with van der Waals surface area (Å²) >= 11 is 3.32. The van der Waals surface area contributed by atoms with Crippen LogP contribution in [0.15, 0.2) is 22.8 Å². The van der Waals surface area contributed by atoms with Crippen LogP contribution in [0.5, 0.6) is 0 Å². The molecule has 1 aliphatic heterocycles. The Labute approximate surface area is 97.4 Å². The zero-order chi connectivity index (χ0) is 10.7. The molecule has 3 nitrogen and oxygen atoms in total. The molecule has 2 rings (SSSR count). The van der Waals surface area contributed by atoms with Crippen LogP contribution in [0.4, 0.5) is 0 Å². The first-order chi connectivity index (χ1) is 7.25. The molecule has 0 aromatic carbocycles. The van der Waals surface area contributed by atoms with Crippen molar-refractivity contribution in [3.63, 3.8) is 0 Å². The number of halogens is 1. The Morgan fingerprint density at radius 1 is 1.60 bits per heavy atom. The zero-order valence-corrected chi connectivity index (χ0v) is 9.96. The number of Topliss-reactive ketones (excluding diaryl/α,β-unsaturated/α-hetero) is 1. The van der Waals surface area contributed by atoms with Gasteiger partial charge in [0.2, 0.25) is 0 Å². The van der Waals surface area contributed by atoms with Crippen LogP contribution >= 0.6 is 15.9 Å². The lowest BCUT2D eigenvalue weighted by Gasteiger charge is -2.06. The van der Waals surface area contributed by atoms with Crippen molar-refractivity contribution < 1.29 is 4.79 Å². The Morgan fingerprint density at radius 3 is 3.07 bits per heavy atom. The highest BCUT2D eigenvalue weighted by molar-refractivity contribution is 9.10. The summed E-state index contributed by atoms with van der Waals surface area (Å²) in [5.41, 5.74) is 0.857. The average Bonchev–Trinajstić information content (AvgIpc) is 2.74. The van der Waals surface area contributed by atoms with E-state index in [2.05, 4.69) is 26.2 Å². The normalized spacial score (nSPS) is 20.5. The Kier molecular flexibility index (Phi) is 3.49. The minimum Gasteiger partial charge on any atom is -0.316 e. The van der Waals surface area contributed by atoms with Crippen LogP contribution in [0.25, 0.3) is 0 Å². The number of hydrogen-bond donors (Lipinski definition) is 1. The summed E-state index contributed by atoms with van der Waals surface area (Å²) in [7, 11) is 0. The van der Waals surface area contributed by atoms with Gasteiger partial charge in [-0.05, 0) is 41.0 Å². The van der Waals surface area contributed by atoms with Crippen LogP contribution in [0.3, 0.4) is 0 Å². The summed E-state index contributed by atoms with van der Waals surface area (Å²) in [5.74, 6) is 0.491. The van der Waals surface area contributed by atoms with Gasteiger partial charge in [0, 0.05) is 35.2 Å². The molecule has 1 unspecified atom stereocenters. The van der Waals surface area contributed by atoms with Gasteiger partial charge in [0.1, 0.15) is 5.78 Å². The topological polar surface area (TPSA) is 42.0 Å². The molecule has 0 radical (unpaired) electrons. The molecule has 1 N–H and O–H groups in total. The van der Waals surface area contributed by atoms with Gasteiger partial charge >= 0.3 is 0 Å². The second kappa shape index (κ2) is 4.86. The van der Waals surface area contributed by atoms with E-state index < -0.39 is 0 Å². The standard InChI is InChI=1S/C11H13BrN2O/c12-9-1-2-10(14-7-9)5-11(15)8-3-4-13-6-8/h1-2,7-8,13H,3-6H2. The number of nitrogens with one attached hydrogen (secondary N) is 1. The highest BCUT2D eigenvalue weighted by Gasteiger charge is 2.22. The highest BCUT2D eigenvalue weighted by atomic mass is 79.9. The smallest absolute Gasteiger partial charge is 0.143 e. The highest BCUT2D eigenvalue weighted by Crippen LogP contribution is 2.13. The molecule has 1 aliphatic rings. The number of hydrogen-bond acceptors (Lipinski definition) is 3. The molecular formula is C11H13BrN2O. The maximum absolute atomic E-state index is 11.8. The van der Waals surface area contributed by atoms with E-state index >= 15 is 0 Å². The van der Waals surface area contributed by atoms with Gasteiger partial charge in [-0.1, -0.05) is 0 Å². The Morgan fingerprint density at radius 2 is 2.47 bits per heavy atom. The summed E-state index contributed by atoms with van der Waals surface area (Å²) in [4.78, 5) is 16.0. The van der Waals surface area contributed by atoms with Gasteiger partial charge in [-0.2, -0.15) is 0 Å². The predicted molar refractivity (Wildman–Crippen MR) is 61.6 cm³/mol. The lowest BCUT2D eigenvalue weighted by atomic mass is 9.99. The van der Waals surface area contributed by atoms with E-state index in [0.717, 1.165) is 29.7 Å². The molecule has 0 bridgehead atoms. The molecule has 0 aliphatic carbocycles. The molecule has 0 saturated carbocycles. The van der Waals surface area contributed by atoms with Crippen molar-refractivity contribution in [3.05, 3.63) is 28.5 Å². The van der Waals surface area contributed by atoms with Crippen LogP contribution in [-0.2, 0) is 11.2 Å². The van der Waals surface area contributed by atoms with E-state index in [-0.39, 0.29) is 5.92 Å². The third kappa shape index (κ3) is 2.86. The number of carbonyl (C=O) groups is 1. The van der Waals surface area contributed by atoms with Crippen molar-refractivity contribution in [1.29, 1.82) is 0 Å². The fourth-order valence-electron chi connectivity index (χ4n) is 1.76. The monoisotopic (exact) mass is 268 g/mol.